The molecule has 40 heavy (non-hydrogen) atoms. The fraction of sp³-hybridized carbons (Fsp3) is 0.233. The second-order valence-corrected chi connectivity index (χ2v) is 9.88. The average molecular weight is 561 g/mol. The molecule has 8 nitrogen and oxygen atoms in total. The van der Waals surface area contributed by atoms with Crippen LogP contribution in [0, 0.1) is 19.7 Å². The van der Waals surface area contributed by atoms with Gasteiger partial charge in [-0.25, -0.2) is 14.1 Å². The molecule has 0 radical (unpaired) electrons. The van der Waals surface area contributed by atoms with Crippen molar-refractivity contribution in [3.05, 3.63) is 89.1 Å². The number of nitrogens with two attached hydrogens (primary N) is 1. The Morgan fingerprint density at radius 1 is 1.10 bits per heavy atom. The van der Waals surface area contributed by atoms with Crippen LogP contribution in [0.25, 0.3) is 16.6 Å². The topological polar surface area (TPSA) is 111 Å². The molecule has 0 atom stereocenters. The highest BCUT2D eigenvalue weighted by molar-refractivity contribution is 7.99. The van der Waals surface area contributed by atoms with Gasteiger partial charge in [0.25, 0.3) is 0 Å². The number of aryl methyl sites for hydroxylation is 2. The largest absolute Gasteiger partial charge is 0.436 e. The summed E-state index contributed by atoms with van der Waals surface area (Å²) in [4.78, 5) is 20.7. The quantitative estimate of drug-likeness (QED) is 0.132. The van der Waals surface area contributed by atoms with Crippen molar-refractivity contribution in [3.8, 4) is 17.3 Å². The van der Waals surface area contributed by atoms with Crippen LogP contribution in [-0.2, 0) is 0 Å². The zero-order chi connectivity index (χ0) is 28.8. The van der Waals surface area contributed by atoms with Crippen LogP contribution in [0.3, 0.4) is 0 Å². The molecule has 0 spiro atoms. The molecule has 0 bridgehead atoms. The van der Waals surface area contributed by atoms with Gasteiger partial charge in [0, 0.05) is 28.9 Å². The number of unbranched alkanes of at least 4 members (excludes halogenated alkanes) is 1. The molecule has 0 amide bonds. The van der Waals surface area contributed by atoms with Gasteiger partial charge in [0.1, 0.15) is 5.82 Å². The van der Waals surface area contributed by atoms with Crippen molar-refractivity contribution in [2.45, 2.75) is 40.5 Å². The summed E-state index contributed by atoms with van der Waals surface area (Å²) in [6, 6.07) is 13.6. The molecule has 0 saturated carbocycles. The SMILES string of the molecule is CCCC.CSNc1cc2[nH]c(C(=O)c3cnn(-c4cnc(Oc5ccccc5F)cc4C)c3N)cc2cc1C. The minimum absolute atomic E-state index is 0.0773. The van der Waals surface area contributed by atoms with Gasteiger partial charge in [-0.3, -0.25) is 4.79 Å². The molecule has 4 N–H and O–H groups in total. The number of anilines is 2. The number of rotatable bonds is 8. The Balaban J connectivity index is 0.000000867. The van der Waals surface area contributed by atoms with E-state index in [0.29, 0.717) is 11.4 Å². The average Bonchev–Trinajstić information content (AvgIpc) is 3.53. The molecule has 0 aliphatic heterocycles. The molecule has 2 aromatic carbocycles. The monoisotopic (exact) mass is 560 g/mol. The summed E-state index contributed by atoms with van der Waals surface area (Å²) in [6.07, 6.45) is 7.56. The van der Waals surface area contributed by atoms with Gasteiger partial charge in [-0.15, -0.1) is 0 Å². The summed E-state index contributed by atoms with van der Waals surface area (Å²) >= 11 is 1.50. The predicted octanol–water partition coefficient (Wildman–Crippen LogP) is 7.61. The number of fused-ring (bicyclic) bond motifs is 1. The number of hydrogen-bond acceptors (Lipinski definition) is 7. The minimum atomic E-state index is -0.482. The van der Waals surface area contributed by atoms with Gasteiger partial charge in [0.05, 0.1) is 29.3 Å². The van der Waals surface area contributed by atoms with Crippen LogP contribution in [0.4, 0.5) is 15.9 Å². The van der Waals surface area contributed by atoms with E-state index >= 15 is 0 Å². The first-order valence-electron chi connectivity index (χ1n) is 13.0. The van der Waals surface area contributed by atoms with Crippen LogP contribution in [0.15, 0.2) is 60.9 Å². The highest BCUT2D eigenvalue weighted by atomic mass is 32.2. The number of aromatic nitrogens is 4. The Hall–Kier alpha value is -4.31. The van der Waals surface area contributed by atoms with Gasteiger partial charge in [-0.1, -0.05) is 50.8 Å². The number of nitrogen functional groups attached to an aromatic ring is 1. The molecular weight excluding hydrogens is 527 g/mol. The van der Waals surface area contributed by atoms with Gasteiger partial charge in [-0.2, -0.15) is 5.10 Å². The van der Waals surface area contributed by atoms with Gasteiger partial charge in [0.15, 0.2) is 11.6 Å². The van der Waals surface area contributed by atoms with Gasteiger partial charge >= 0.3 is 0 Å². The van der Waals surface area contributed by atoms with E-state index in [1.165, 1.54) is 54.0 Å². The van der Waals surface area contributed by atoms with Crippen LogP contribution in [0.5, 0.6) is 11.6 Å². The number of pyridine rings is 1. The Kier molecular flexibility index (Phi) is 9.11. The van der Waals surface area contributed by atoms with Crippen molar-refractivity contribution in [1.29, 1.82) is 0 Å². The molecule has 0 aliphatic rings. The Morgan fingerprint density at radius 2 is 1.85 bits per heavy atom. The van der Waals surface area contributed by atoms with Crippen LogP contribution >= 0.6 is 11.9 Å². The summed E-state index contributed by atoms with van der Waals surface area (Å²) in [7, 11) is 0. The zero-order valence-corrected chi connectivity index (χ0v) is 24.0. The highest BCUT2D eigenvalue weighted by Gasteiger charge is 2.21. The molecule has 0 saturated heterocycles. The minimum Gasteiger partial charge on any atom is -0.436 e. The molecule has 208 valence electrons. The molecule has 5 rings (SSSR count). The molecule has 10 heteroatoms. The van der Waals surface area contributed by atoms with Crippen LogP contribution in [-0.4, -0.2) is 31.8 Å². The summed E-state index contributed by atoms with van der Waals surface area (Å²) in [6.45, 7) is 8.20. The first kappa shape index (κ1) is 28.7. The normalized spacial score (nSPS) is 10.8. The third kappa shape index (κ3) is 6.12. The number of H-pyrrole nitrogens is 1. The standard InChI is InChI=1S/C26H23FN6O2S.C4H10/c1-14-8-16-10-21(31-20(16)11-19(14)32-36-3)25(34)17-12-30-33(26(17)28)22-13-29-24(9-15(22)2)35-23-7-5-4-6-18(23)27;1-3-4-2/h4-13,31-32H,28H2,1-3H3;3-4H2,1-2H3. The summed E-state index contributed by atoms with van der Waals surface area (Å²) in [5.74, 6) is -0.255. The van der Waals surface area contributed by atoms with Crippen molar-refractivity contribution >= 4 is 40.1 Å². The number of ether oxygens (including phenoxy) is 1. The first-order valence-corrected chi connectivity index (χ1v) is 14.2. The second kappa shape index (κ2) is 12.7. The molecule has 3 heterocycles. The third-order valence-corrected chi connectivity index (χ3v) is 6.73. The summed E-state index contributed by atoms with van der Waals surface area (Å²) in [5.41, 5.74) is 11.3. The summed E-state index contributed by atoms with van der Waals surface area (Å²) < 4.78 is 24.2. The second-order valence-electron chi connectivity index (χ2n) is 9.27. The number of para-hydroxylation sites is 1. The lowest BCUT2D eigenvalue weighted by molar-refractivity contribution is 0.103. The van der Waals surface area contributed by atoms with Crippen molar-refractivity contribution in [2.24, 2.45) is 0 Å². The Morgan fingerprint density at radius 3 is 2.52 bits per heavy atom. The number of carbonyl (C=O) groups excluding carboxylic acids is 1. The third-order valence-electron chi connectivity index (χ3n) is 6.31. The molecular formula is C30H33FN6O2S. The number of halogens is 1. The number of nitrogens with zero attached hydrogens (tertiary/aromatic N) is 3. The van der Waals surface area contributed by atoms with Crippen molar-refractivity contribution in [3.63, 3.8) is 0 Å². The Labute approximate surface area is 237 Å². The summed E-state index contributed by atoms with van der Waals surface area (Å²) in [5, 5.41) is 5.26. The predicted molar refractivity (Wildman–Crippen MR) is 161 cm³/mol. The number of benzene rings is 2. The lowest BCUT2D eigenvalue weighted by Gasteiger charge is -2.11. The molecule has 0 unspecified atom stereocenters. The van der Waals surface area contributed by atoms with E-state index in [1.54, 1.807) is 18.2 Å². The van der Waals surface area contributed by atoms with Gasteiger partial charge < -0.3 is 20.2 Å². The lowest BCUT2D eigenvalue weighted by atomic mass is 10.1. The van der Waals surface area contributed by atoms with Crippen molar-refractivity contribution < 1.29 is 13.9 Å². The van der Waals surface area contributed by atoms with E-state index in [9.17, 15) is 9.18 Å². The smallest absolute Gasteiger partial charge is 0.219 e. The van der Waals surface area contributed by atoms with E-state index < -0.39 is 5.82 Å². The molecule has 0 fully saturated rings. The maximum absolute atomic E-state index is 13.9. The number of aromatic amines is 1. The van der Waals surface area contributed by atoms with E-state index in [4.69, 9.17) is 10.5 Å². The van der Waals surface area contributed by atoms with E-state index in [0.717, 1.165) is 27.7 Å². The number of carbonyl (C=O) groups is 1. The van der Waals surface area contributed by atoms with Crippen LogP contribution in [0.1, 0.15) is 53.9 Å². The molecule has 0 aliphatic carbocycles. The first-order chi connectivity index (χ1) is 19.3. The zero-order valence-electron chi connectivity index (χ0n) is 23.2. The molecule has 3 aromatic heterocycles. The molecule has 5 aromatic rings. The van der Waals surface area contributed by atoms with Gasteiger partial charge in [0.2, 0.25) is 11.7 Å². The van der Waals surface area contributed by atoms with Crippen molar-refractivity contribution in [2.75, 3.05) is 16.7 Å². The fourth-order valence-corrected chi connectivity index (χ4v) is 4.39. The maximum atomic E-state index is 13.9. The Bertz CT molecular complexity index is 1640. The maximum Gasteiger partial charge on any atom is 0.219 e. The lowest BCUT2D eigenvalue weighted by Crippen LogP contribution is -2.09. The fourth-order valence-electron chi connectivity index (χ4n) is 3.95. The van der Waals surface area contributed by atoms with Crippen LogP contribution in [0.2, 0.25) is 0 Å². The van der Waals surface area contributed by atoms with E-state index in [1.807, 2.05) is 38.3 Å². The number of hydrogen-bond donors (Lipinski definition) is 3. The van der Waals surface area contributed by atoms with Crippen molar-refractivity contribution in [1.82, 2.24) is 19.7 Å². The van der Waals surface area contributed by atoms with Gasteiger partial charge in [-0.05, 0) is 55.3 Å². The number of nitrogens with one attached hydrogen (secondary N) is 2. The van der Waals surface area contributed by atoms with Crippen LogP contribution < -0.4 is 15.2 Å². The van der Waals surface area contributed by atoms with E-state index in [-0.39, 0.29) is 28.8 Å². The number of ketones is 1. The van der Waals surface area contributed by atoms with E-state index in [2.05, 4.69) is 33.6 Å². The highest BCUT2D eigenvalue weighted by Crippen LogP contribution is 2.29.